The van der Waals surface area contributed by atoms with E-state index in [1.165, 1.54) is 18.3 Å². The van der Waals surface area contributed by atoms with Crippen molar-refractivity contribution >= 4 is 22.8 Å². The summed E-state index contributed by atoms with van der Waals surface area (Å²) in [6.07, 6.45) is 1.40. The normalized spacial score (nSPS) is 10.8. The molecule has 0 atom stereocenters. The third-order valence-electron chi connectivity index (χ3n) is 3.21. The Hall–Kier alpha value is -2.93. The van der Waals surface area contributed by atoms with Crippen molar-refractivity contribution in [2.75, 3.05) is 11.1 Å². The average molecular weight is 300 g/mol. The quantitative estimate of drug-likeness (QED) is 0.640. The van der Waals surface area contributed by atoms with Gasteiger partial charge in [0.05, 0.1) is 12.2 Å². The molecule has 0 bridgehead atoms. The van der Waals surface area contributed by atoms with E-state index in [0.29, 0.717) is 11.4 Å². The molecule has 0 aliphatic heterocycles. The first-order valence-electron chi connectivity index (χ1n) is 6.53. The monoisotopic (exact) mass is 300 g/mol. The van der Waals surface area contributed by atoms with Gasteiger partial charge in [0, 0.05) is 17.6 Å². The fourth-order valence-electron chi connectivity index (χ4n) is 2.16. The van der Waals surface area contributed by atoms with Gasteiger partial charge in [-0.15, -0.1) is 0 Å². The predicted molar refractivity (Wildman–Crippen MR) is 81.5 cm³/mol. The Morgan fingerprint density at radius 3 is 2.86 bits per heavy atom. The number of fused-ring (bicyclic) bond motifs is 1. The highest BCUT2D eigenvalue weighted by molar-refractivity contribution is 5.64. The zero-order chi connectivity index (χ0) is 15.7. The van der Waals surface area contributed by atoms with Gasteiger partial charge in [-0.05, 0) is 30.3 Å². The van der Waals surface area contributed by atoms with Crippen LogP contribution in [0.2, 0.25) is 0 Å². The van der Waals surface area contributed by atoms with Gasteiger partial charge in [-0.1, -0.05) is 6.07 Å². The fraction of sp³-hybridized carbons (Fsp3) is 0.0667. The van der Waals surface area contributed by atoms with E-state index >= 15 is 0 Å². The number of rotatable bonds is 3. The van der Waals surface area contributed by atoms with E-state index in [1.54, 1.807) is 24.3 Å². The van der Waals surface area contributed by atoms with Crippen molar-refractivity contribution in [1.82, 2.24) is 9.38 Å². The zero-order valence-electron chi connectivity index (χ0n) is 11.5. The van der Waals surface area contributed by atoms with Crippen molar-refractivity contribution in [3.05, 3.63) is 64.3 Å². The summed E-state index contributed by atoms with van der Waals surface area (Å²) >= 11 is 0. The summed E-state index contributed by atoms with van der Waals surface area (Å²) in [5.74, 6) is -0.525. The van der Waals surface area contributed by atoms with Crippen LogP contribution in [0.25, 0.3) is 5.65 Å². The molecule has 112 valence electrons. The van der Waals surface area contributed by atoms with Crippen LogP contribution in [0.5, 0.6) is 0 Å². The second-order valence-electron chi connectivity index (χ2n) is 4.70. The third-order valence-corrected chi connectivity index (χ3v) is 3.21. The van der Waals surface area contributed by atoms with Crippen LogP contribution in [0.15, 0.2) is 47.4 Å². The van der Waals surface area contributed by atoms with Crippen LogP contribution in [0.4, 0.5) is 21.6 Å². The minimum Gasteiger partial charge on any atom is -0.399 e. The van der Waals surface area contributed by atoms with Crippen molar-refractivity contribution in [1.29, 1.82) is 0 Å². The number of benzene rings is 1. The van der Waals surface area contributed by atoms with E-state index in [4.69, 9.17) is 5.73 Å². The Bertz CT molecular complexity index is 908. The summed E-state index contributed by atoms with van der Waals surface area (Å²) in [6, 6.07) is 9.42. The van der Waals surface area contributed by atoms with Crippen molar-refractivity contribution in [3.63, 3.8) is 0 Å². The van der Waals surface area contributed by atoms with Crippen molar-refractivity contribution < 1.29 is 9.50 Å². The lowest BCUT2D eigenvalue weighted by Gasteiger charge is -2.12. The average Bonchev–Trinajstić information content (AvgIpc) is 2.49. The topological polar surface area (TPSA) is 92.6 Å². The number of nitrogens with two attached hydrogens (primary N) is 1. The molecular formula is C15H13FN4O2. The van der Waals surface area contributed by atoms with E-state index in [9.17, 15) is 14.3 Å². The highest BCUT2D eigenvalue weighted by Gasteiger charge is 2.14. The van der Waals surface area contributed by atoms with Crippen molar-refractivity contribution in [2.45, 2.75) is 6.61 Å². The number of anilines is 3. The maximum Gasteiger partial charge on any atom is 0.265 e. The molecule has 7 heteroatoms. The molecule has 4 N–H and O–H groups in total. The molecule has 2 aromatic heterocycles. The Morgan fingerprint density at radius 2 is 2.14 bits per heavy atom. The molecule has 3 aromatic rings. The molecule has 0 fully saturated rings. The van der Waals surface area contributed by atoms with Crippen LogP contribution in [0, 0.1) is 5.82 Å². The van der Waals surface area contributed by atoms with Crippen molar-refractivity contribution in [3.8, 4) is 0 Å². The second-order valence-corrected chi connectivity index (χ2v) is 4.70. The van der Waals surface area contributed by atoms with E-state index in [-0.39, 0.29) is 17.0 Å². The molecule has 22 heavy (non-hydrogen) atoms. The number of nitrogen functional groups attached to an aromatic ring is 1. The highest BCUT2D eigenvalue weighted by Crippen LogP contribution is 2.20. The van der Waals surface area contributed by atoms with Gasteiger partial charge in [0.25, 0.3) is 5.56 Å². The summed E-state index contributed by atoms with van der Waals surface area (Å²) in [5.41, 5.74) is 6.21. The van der Waals surface area contributed by atoms with Gasteiger partial charge in [-0.25, -0.2) is 9.37 Å². The highest BCUT2D eigenvalue weighted by atomic mass is 19.1. The first kappa shape index (κ1) is 14.0. The standard InChI is InChI=1S/C15H13FN4O2/c16-12-5-2-6-20-14(12)19-13(11(8-21)15(20)22)18-10-4-1-3-9(17)7-10/h1-7,18,21H,8,17H2. The summed E-state index contributed by atoms with van der Waals surface area (Å²) in [4.78, 5) is 16.4. The first-order valence-corrected chi connectivity index (χ1v) is 6.53. The number of aliphatic hydroxyl groups is 1. The number of aliphatic hydroxyl groups excluding tert-OH is 1. The lowest BCUT2D eigenvalue weighted by atomic mass is 10.2. The molecule has 6 nitrogen and oxygen atoms in total. The molecule has 0 radical (unpaired) electrons. The van der Waals surface area contributed by atoms with Gasteiger partial charge in [0.2, 0.25) is 0 Å². The maximum atomic E-state index is 13.9. The molecule has 0 saturated heterocycles. The minimum absolute atomic E-state index is 0.0468. The van der Waals surface area contributed by atoms with Crippen LogP contribution in [-0.4, -0.2) is 14.5 Å². The largest absolute Gasteiger partial charge is 0.399 e. The van der Waals surface area contributed by atoms with Crippen LogP contribution in [0.3, 0.4) is 0 Å². The summed E-state index contributed by atoms with van der Waals surface area (Å²) in [5, 5.41) is 12.3. The lowest BCUT2D eigenvalue weighted by Crippen LogP contribution is -2.22. The summed E-state index contributed by atoms with van der Waals surface area (Å²) in [7, 11) is 0. The van der Waals surface area contributed by atoms with Crippen LogP contribution >= 0.6 is 0 Å². The zero-order valence-corrected chi connectivity index (χ0v) is 11.5. The number of nitrogens with one attached hydrogen (secondary N) is 1. The molecule has 0 spiro atoms. The molecule has 0 aliphatic carbocycles. The molecule has 0 saturated carbocycles. The van der Waals surface area contributed by atoms with E-state index in [2.05, 4.69) is 10.3 Å². The van der Waals surface area contributed by atoms with Crippen molar-refractivity contribution in [2.24, 2.45) is 0 Å². The van der Waals surface area contributed by atoms with Crippen LogP contribution in [0.1, 0.15) is 5.56 Å². The van der Waals surface area contributed by atoms with Gasteiger partial charge in [0.15, 0.2) is 11.5 Å². The van der Waals surface area contributed by atoms with Gasteiger partial charge in [-0.3, -0.25) is 9.20 Å². The number of hydrogen-bond donors (Lipinski definition) is 3. The SMILES string of the molecule is Nc1cccc(Nc2nc3c(F)cccn3c(=O)c2CO)c1. The smallest absolute Gasteiger partial charge is 0.265 e. The third kappa shape index (κ3) is 2.38. The van der Waals surface area contributed by atoms with E-state index in [0.717, 1.165) is 4.40 Å². The Morgan fingerprint density at radius 1 is 1.32 bits per heavy atom. The van der Waals surface area contributed by atoms with Gasteiger partial charge >= 0.3 is 0 Å². The molecule has 0 aliphatic rings. The van der Waals surface area contributed by atoms with Crippen LogP contribution in [-0.2, 0) is 6.61 Å². The lowest BCUT2D eigenvalue weighted by molar-refractivity contribution is 0.280. The molecule has 1 aromatic carbocycles. The van der Waals surface area contributed by atoms with Gasteiger partial charge in [-0.2, -0.15) is 0 Å². The number of pyridine rings is 1. The number of nitrogens with zero attached hydrogens (tertiary/aromatic N) is 2. The molecular weight excluding hydrogens is 287 g/mol. The van der Waals surface area contributed by atoms with Gasteiger partial charge in [0.1, 0.15) is 5.82 Å². The fourth-order valence-corrected chi connectivity index (χ4v) is 2.16. The van der Waals surface area contributed by atoms with E-state index < -0.39 is 18.0 Å². The minimum atomic E-state index is -0.625. The molecule has 0 amide bonds. The Kier molecular flexibility index (Phi) is 3.48. The predicted octanol–water partition coefficient (Wildman–Crippen LogP) is 1.65. The maximum absolute atomic E-state index is 13.9. The molecule has 0 unspecified atom stereocenters. The number of halogens is 1. The van der Waals surface area contributed by atoms with Crippen LogP contribution < -0.4 is 16.6 Å². The summed E-state index contributed by atoms with van der Waals surface area (Å²) < 4.78 is 14.9. The number of aromatic nitrogens is 2. The first-order chi connectivity index (χ1) is 10.6. The van der Waals surface area contributed by atoms with E-state index in [1.807, 2.05) is 0 Å². The molecule has 2 heterocycles. The Labute approximate surface area is 124 Å². The second kappa shape index (κ2) is 5.45. The Balaban J connectivity index is 2.20. The summed E-state index contributed by atoms with van der Waals surface area (Å²) in [6.45, 7) is -0.518. The number of hydrogen-bond acceptors (Lipinski definition) is 5. The van der Waals surface area contributed by atoms with Gasteiger partial charge < -0.3 is 16.2 Å². The molecule has 3 rings (SSSR count).